The normalized spacial score (nSPS) is 10.1. The summed E-state index contributed by atoms with van der Waals surface area (Å²) in [5.41, 5.74) is 2.44. The zero-order chi connectivity index (χ0) is 12.0. The molecule has 0 heterocycles. The van der Waals surface area contributed by atoms with Crippen molar-refractivity contribution >= 4 is 5.78 Å². The lowest BCUT2D eigenvalue weighted by Gasteiger charge is -2.16. The number of aryl methyl sites for hydroxylation is 1. The minimum atomic E-state index is -0.0291. The Morgan fingerprint density at radius 1 is 1.44 bits per heavy atom. The summed E-state index contributed by atoms with van der Waals surface area (Å²) in [7, 11) is 1.89. The zero-order valence-corrected chi connectivity index (χ0v) is 9.73. The maximum absolute atomic E-state index is 11.3. The van der Waals surface area contributed by atoms with Gasteiger partial charge in [-0.15, -0.1) is 0 Å². The maximum Gasteiger partial charge on any atom is 0.160 e. The van der Waals surface area contributed by atoms with Gasteiger partial charge in [0.2, 0.25) is 0 Å². The highest BCUT2D eigenvalue weighted by atomic mass is 16.1. The van der Waals surface area contributed by atoms with E-state index in [0.29, 0.717) is 6.54 Å². The summed E-state index contributed by atoms with van der Waals surface area (Å²) in [5, 5.41) is 8.39. The van der Waals surface area contributed by atoms with Crippen molar-refractivity contribution in [1.82, 2.24) is 4.90 Å². The molecule has 84 valence electrons. The summed E-state index contributed by atoms with van der Waals surface area (Å²) in [4.78, 5) is 13.2. The standard InChI is InChI=1S/C13H16N2O/c1-11-5-3-4-6-12(11)9-15(2)10-13(16)7-8-14/h3-6H,7,9-10H2,1-2H3. The first-order valence-electron chi connectivity index (χ1n) is 5.25. The van der Waals surface area contributed by atoms with Crippen molar-refractivity contribution in [1.29, 1.82) is 5.26 Å². The predicted octanol–water partition coefficient (Wildman–Crippen LogP) is 1.91. The van der Waals surface area contributed by atoms with Gasteiger partial charge in [-0.1, -0.05) is 24.3 Å². The van der Waals surface area contributed by atoms with Crippen LogP contribution in [-0.4, -0.2) is 24.3 Å². The molecular weight excluding hydrogens is 200 g/mol. The molecule has 0 N–H and O–H groups in total. The largest absolute Gasteiger partial charge is 0.297 e. The van der Waals surface area contributed by atoms with Crippen LogP contribution in [0.2, 0.25) is 0 Å². The van der Waals surface area contributed by atoms with E-state index in [1.165, 1.54) is 11.1 Å². The monoisotopic (exact) mass is 216 g/mol. The molecular formula is C13H16N2O. The Morgan fingerprint density at radius 2 is 2.12 bits per heavy atom. The van der Waals surface area contributed by atoms with E-state index in [-0.39, 0.29) is 12.2 Å². The van der Waals surface area contributed by atoms with Crippen molar-refractivity contribution in [2.45, 2.75) is 19.9 Å². The van der Waals surface area contributed by atoms with Crippen molar-refractivity contribution in [2.75, 3.05) is 13.6 Å². The van der Waals surface area contributed by atoms with E-state index < -0.39 is 0 Å². The van der Waals surface area contributed by atoms with E-state index in [0.717, 1.165) is 6.54 Å². The summed E-state index contributed by atoms with van der Waals surface area (Å²) < 4.78 is 0. The van der Waals surface area contributed by atoms with E-state index >= 15 is 0 Å². The Labute approximate surface area is 96.3 Å². The van der Waals surface area contributed by atoms with Crippen molar-refractivity contribution < 1.29 is 4.79 Å². The quantitative estimate of drug-likeness (QED) is 0.755. The molecule has 0 amide bonds. The Balaban J connectivity index is 2.52. The van der Waals surface area contributed by atoms with Crippen LogP contribution < -0.4 is 0 Å². The van der Waals surface area contributed by atoms with E-state index in [9.17, 15) is 4.79 Å². The number of nitriles is 1. The highest BCUT2D eigenvalue weighted by Crippen LogP contribution is 2.09. The second-order valence-corrected chi connectivity index (χ2v) is 3.97. The fraction of sp³-hybridized carbons (Fsp3) is 0.385. The number of rotatable bonds is 5. The maximum atomic E-state index is 11.3. The number of hydrogen-bond acceptors (Lipinski definition) is 3. The molecule has 0 aliphatic heterocycles. The Kier molecular flexibility index (Phi) is 4.68. The first-order chi connectivity index (χ1) is 7.63. The van der Waals surface area contributed by atoms with Gasteiger partial charge in [0.05, 0.1) is 19.0 Å². The smallest absolute Gasteiger partial charge is 0.160 e. The van der Waals surface area contributed by atoms with Gasteiger partial charge in [0.25, 0.3) is 0 Å². The number of carbonyl (C=O) groups excluding carboxylic acids is 1. The number of hydrogen-bond donors (Lipinski definition) is 0. The molecule has 1 rings (SSSR count). The summed E-state index contributed by atoms with van der Waals surface area (Å²) in [6, 6.07) is 9.98. The summed E-state index contributed by atoms with van der Waals surface area (Å²) in [6.07, 6.45) is -0.00187. The summed E-state index contributed by atoms with van der Waals surface area (Å²) in [6.45, 7) is 3.13. The first kappa shape index (κ1) is 12.4. The third-order valence-electron chi connectivity index (χ3n) is 2.42. The van der Waals surface area contributed by atoms with Gasteiger partial charge in [-0.2, -0.15) is 5.26 Å². The third kappa shape index (κ3) is 3.84. The van der Waals surface area contributed by atoms with Crippen molar-refractivity contribution in [3.05, 3.63) is 35.4 Å². The summed E-state index contributed by atoms with van der Waals surface area (Å²) in [5.74, 6) is -0.0291. The van der Waals surface area contributed by atoms with Crippen LogP contribution in [0.5, 0.6) is 0 Å². The molecule has 0 unspecified atom stereocenters. The topological polar surface area (TPSA) is 44.1 Å². The van der Waals surface area contributed by atoms with E-state index in [1.54, 1.807) is 0 Å². The average molecular weight is 216 g/mol. The average Bonchev–Trinajstić information content (AvgIpc) is 2.21. The second kappa shape index (κ2) is 6.04. The number of Topliss-reactive ketones (excluding diaryl/α,β-unsaturated/α-hetero) is 1. The molecule has 0 bridgehead atoms. The lowest BCUT2D eigenvalue weighted by molar-refractivity contribution is -0.119. The number of carbonyl (C=O) groups is 1. The second-order valence-electron chi connectivity index (χ2n) is 3.97. The van der Waals surface area contributed by atoms with Crippen LogP contribution in [0.4, 0.5) is 0 Å². The lowest BCUT2D eigenvalue weighted by Crippen LogP contribution is -2.25. The Morgan fingerprint density at radius 3 is 2.75 bits per heavy atom. The van der Waals surface area contributed by atoms with Crippen molar-refractivity contribution in [3.63, 3.8) is 0 Å². The van der Waals surface area contributed by atoms with Gasteiger partial charge in [0.15, 0.2) is 5.78 Å². The van der Waals surface area contributed by atoms with Crippen LogP contribution in [0.3, 0.4) is 0 Å². The zero-order valence-electron chi connectivity index (χ0n) is 9.73. The molecule has 0 spiro atoms. The minimum Gasteiger partial charge on any atom is -0.297 e. The fourth-order valence-electron chi connectivity index (χ4n) is 1.58. The highest BCUT2D eigenvalue weighted by Gasteiger charge is 2.07. The molecule has 16 heavy (non-hydrogen) atoms. The Bertz CT molecular complexity index is 407. The van der Waals surface area contributed by atoms with Crippen LogP contribution in [-0.2, 0) is 11.3 Å². The molecule has 0 radical (unpaired) electrons. The van der Waals surface area contributed by atoms with Gasteiger partial charge in [0.1, 0.15) is 0 Å². The van der Waals surface area contributed by atoms with Gasteiger partial charge >= 0.3 is 0 Å². The molecule has 0 atom stereocenters. The molecule has 3 nitrogen and oxygen atoms in total. The van der Waals surface area contributed by atoms with Crippen LogP contribution in [0.1, 0.15) is 17.5 Å². The summed E-state index contributed by atoms with van der Waals surface area (Å²) >= 11 is 0. The number of ketones is 1. The molecule has 1 aromatic carbocycles. The minimum absolute atomic E-state index is 0.00187. The Hall–Kier alpha value is -1.66. The molecule has 0 aliphatic carbocycles. The molecule has 3 heteroatoms. The van der Waals surface area contributed by atoms with Crippen LogP contribution >= 0.6 is 0 Å². The van der Waals surface area contributed by atoms with Gasteiger partial charge in [-0.3, -0.25) is 9.69 Å². The van der Waals surface area contributed by atoms with Gasteiger partial charge < -0.3 is 0 Å². The van der Waals surface area contributed by atoms with Crippen molar-refractivity contribution in [3.8, 4) is 6.07 Å². The van der Waals surface area contributed by atoms with E-state index in [1.807, 2.05) is 30.1 Å². The molecule has 0 saturated carbocycles. The van der Waals surface area contributed by atoms with Gasteiger partial charge in [0, 0.05) is 6.54 Å². The first-order valence-corrected chi connectivity index (χ1v) is 5.25. The van der Waals surface area contributed by atoms with E-state index in [4.69, 9.17) is 5.26 Å². The van der Waals surface area contributed by atoms with Crippen molar-refractivity contribution in [2.24, 2.45) is 0 Å². The van der Waals surface area contributed by atoms with Crippen LogP contribution in [0.15, 0.2) is 24.3 Å². The molecule has 0 aromatic heterocycles. The predicted molar refractivity (Wildman–Crippen MR) is 62.8 cm³/mol. The lowest BCUT2D eigenvalue weighted by atomic mass is 10.1. The molecule has 1 aromatic rings. The third-order valence-corrected chi connectivity index (χ3v) is 2.42. The van der Waals surface area contributed by atoms with Crippen LogP contribution in [0.25, 0.3) is 0 Å². The molecule has 0 aliphatic rings. The highest BCUT2D eigenvalue weighted by molar-refractivity contribution is 5.82. The molecule has 0 saturated heterocycles. The number of likely N-dealkylation sites (N-methyl/N-ethyl adjacent to an activating group) is 1. The number of benzene rings is 1. The SMILES string of the molecule is Cc1ccccc1CN(C)CC(=O)CC#N. The molecule has 0 fully saturated rings. The number of nitrogens with zero attached hydrogens (tertiary/aromatic N) is 2. The fourth-order valence-corrected chi connectivity index (χ4v) is 1.58. The van der Waals surface area contributed by atoms with Gasteiger partial charge in [-0.05, 0) is 25.1 Å². The van der Waals surface area contributed by atoms with Crippen LogP contribution in [0, 0.1) is 18.3 Å². The van der Waals surface area contributed by atoms with E-state index in [2.05, 4.69) is 19.1 Å². The van der Waals surface area contributed by atoms with Gasteiger partial charge in [-0.25, -0.2) is 0 Å².